The fourth-order valence-electron chi connectivity index (χ4n) is 3.15. The van der Waals surface area contributed by atoms with E-state index in [4.69, 9.17) is 0 Å². The van der Waals surface area contributed by atoms with Gasteiger partial charge in [0, 0.05) is 11.1 Å². The van der Waals surface area contributed by atoms with Crippen molar-refractivity contribution in [2.24, 2.45) is 0 Å². The number of carbonyl (C=O) groups excluding carboxylic acids is 2. The second-order valence-electron chi connectivity index (χ2n) is 5.66. The molecule has 0 heterocycles. The lowest BCUT2D eigenvalue weighted by Gasteiger charge is -2.22. The number of rotatable bonds is 1. The Bertz CT molecular complexity index is 847. The second kappa shape index (κ2) is 4.70. The van der Waals surface area contributed by atoms with Gasteiger partial charge in [0.15, 0.2) is 5.78 Å². The molecule has 0 fully saturated rings. The van der Waals surface area contributed by atoms with Crippen LogP contribution in [-0.2, 0) is 6.42 Å². The van der Waals surface area contributed by atoms with Crippen LogP contribution in [0.5, 0.6) is 11.5 Å². The summed E-state index contributed by atoms with van der Waals surface area (Å²) in [4.78, 5) is 25.4. The molecule has 0 saturated heterocycles. The summed E-state index contributed by atoms with van der Waals surface area (Å²) in [5.41, 5.74) is 2.50. The molecule has 0 unspecified atom stereocenters. The van der Waals surface area contributed by atoms with E-state index in [9.17, 15) is 19.8 Å². The summed E-state index contributed by atoms with van der Waals surface area (Å²) in [7, 11) is 0. The first-order valence-corrected chi connectivity index (χ1v) is 7.15. The van der Waals surface area contributed by atoms with Gasteiger partial charge in [0.2, 0.25) is 5.78 Å². The number of phenols is 2. The molecule has 0 radical (unpaired) electrons. The zero-order valence-corrected chi connectivity index (χ0v) is 12.7. The monoisotopic (exact) mass is 296 g/mol. The van der Waals surface area contributed by atoms with Crippen LogP contribution in [0.2, 0.25) is 0 Å². The summed E-state index contributed by atoms with van der Waals surface area (Å²) >= 11 is 0. The molecule has 22 heavy (non-hydrogen) atoms. The summed E-state index contributed by atoms with van der Waals surface area (Å²) in [6, 6.07) is 4.69. The van der Waals surface area contributed by atoms with Crippen molar-refractivity contribution in [3.05, 3.63) is 57.1 Å². The molecule has 0 amide bonds. The Balaban J connectivity index is 2.39. The van der Waals surface area contributed by atoms with Crippen LogP contribution >= 0.6 is 0 Å². The number of ketones is 2. The van der Waals surface area contributed by atoms with E-state index in [2.05, 4.69) is 0 Å². The molecule has 2 N–H and O–H groups in total. The molecule has 0 saturated carbocycles. The zero-order valence-electron chi connectivity index (χ0n) is 12.7. The van der Waals surface area contributed by atoms with Crippen molar-refractivity contribution >= 4 is 11.6 Å². The van der Waals surface area contributed by atoms with Crippen molar-refractivity contribution in [2.45, 2.75) is 27.2 Å². The van der Waals surface area contributed by atoms with Gasteiger partial charge < -0.3 is 10.2 Å². The van der Waals surface area contributed by atoms with Gasteiger partial charge in [-0.05, 0) is 55.2 Å². The number of hydrogen-bond acceptors (Lipinski definition) is 4. The highest BCUT2D eigenvalue weighted by Gasteiger charge is 2.35. The largest absolute Gasteiger partial charge is 0.507 e. The molecule has 3 rings (SSSR count). The average molecular weight is 296 g/mol. The molecule has 0 bridgehead atoms. The van der Waals surface area contributed by atoms with Crippen LogP contribution in [0.1, 0.15) is 55.5 Å². The highest BCUT2D eigenvalue weighted by Crippen LogP contribution is 2.39. The van der Waals surface area contributed by atoms with Crippen LogP contribution in [0.3, 0.4) is 0 Å². The summed E-state index contributed by atoms with van der Waals surface area (Å²) in [5, 5.41) is 20.5. The van der Waals surface area contributed by atoms with E-state index in [1.807, 2.05) is 6.92 Å². The van der Waals surface area contributed by atoms with Gasteiger partial charge in [0.05, 0.1) is 11.1 Å². The Morgan fingerprint density at radius 3 is 2.18 bits per heavy atom. The lowest BCUT2D eigenvalue weighted by molar-refractivity contribution is 0.0974. The molecule has 4 nitrogen and oxygen atoms in total. The molecule has 2 aromatic carbocycles. The Labute approximate surface area is 128 Å². The van der Waals surface area contributed by atoms with Crippen molar-refractivity contribution in [1.82, 2.24) is 0 Å². The fraction of sp³-hybridized carbons (Fsp3) is 0.222. The van der Waals surface area contributed by atoms with E-state index in [-0.39, 0.29) is 39.5 Å². The van der Waals surface area contributed by atoms with Crippen LogP contribution in [0.25, 0.3) is 0 Å². The van der Waals surface area contributed by atoms with Crippen molar-refractivity contribution in [3.8, 4) is 11.5 Å². The smallest absolute Gasteiger partial charge is 0.201 e. The maximum Gasteiger partial charge on any atom is 0.201 e. The number of phenolic OH excluding ortho intramolecular Hbond substituents is 2. The standard InChI is InChI=1S/C18H16O4/c1-4-10-9(3)7-12-15(17(10)21)18(22)14-11(16(12)20)5-8(2)6-13(14)19/h5-7,19,21H,4H2,1-3H3. The number of benzene rings is 2. The highest BCUT2D eigenvalue weighted by atomic mass is 16.3. The summed E-state index contributed by atoms with van der Waals surface area (Å²) < 4.78 is 0. The Morgan fingerprint density at radius 1 is 0.909 bits per heavy atom. The third-order valence-electron chi connectivity index (χ3n) is 4.19. The van der Waals surface area contributed by atoms with E-state index < -0.39 is 5.78 Å². The number of aryl methyl sites for hydroxylation is 2. The predicted molar refractivity (Wildman–Crippen MR) is 81.9 cm³/mol. The van der Waals surface area contributed by atoms with Gasteiger partial charge in [-0.3, -0.25) is 9.59 Å². The van der Waals surface area contributed by atoms with Crippen LogP contribution < -0.4 is 0 Å². The average Bonchev–Trinajstić information content (AvgIpc) is 2.43. The molecule has 0 aromatic heterocycles. The molecular weight excluding hydrogens is 280 g/mol. The Hall–Kier alpha value is -2.62. The molecular formula is C18H16O4. The minimum absolute atomic E-state index is 0.000830. The lowest BCUT2D eigenvalue weighted by Crippen LogP contribution is -2.22. The molecule has 0 spiro atoms. The van der Waals surface area contributed by atoms with Gasteiger partial charge >= 0.3 is 0 Å². The Morgan fingerprint density at radius 2 is 1.55 bits per heavy atom. The number of fused-ring (bicyclic) bond motifs is 2. The maximum absolute atomic E-state index is 12.7. The van der Waals surface area contributed by atoms with Crippen molar-refractivity contribution in [1.29, 1.82) is 0 Å². The van der Waals surface area contributed by atoms with Gasteiger partial charge in [0.25, 0.3) is 0 Å². The maximum atomic E-state index is 12.7. The van der Waals surface area contributed by atoms with Crippen molar-refractivity contribution in [3.63, 3.8) is 0 Å². The predicted octanol–water partition coefficient (Wildman–Crippen LogP) is 3.05. The summed E-state index contributed by atoms with van der Waals surface area (Å²) in [5.74, 6) is -1.22. The summed E-state index contributed by atoms with van der Waals surface area (Å²) in [6.45, 7) is 5.42. The number of carbonyl (C=O) groups is 2. The molecule has 112 valence electrons. The van der Waals surface area contributed by atoms with Crippen LogP contribution in [-0.4, -0.2) is 21.8 Å². The fourth-order valence-corrected chi connectivity index (χ4v) is 3.15. The number of hydrogen-bond donors (Lipinski definition) is 2. The zero-order chi connectivity index (χ0) is 16.2. The van der Waals surface area contributed by atoms with E-state index in [1.165, 1.54) is 6.07 Å². The number of aromatic hydroxyl groups is 2. The molecule has 4 heteroatoms. The van der Waals surface area contributed by atoms with Gasteiger partial charge in [-0.1, -0.05) is 6.92 Å². The lowest BCUT2D eigenvalue weighted by atomic mass is 9.80. The topological polar surface area (TPSA) is 74.6 Å². The van der Waals surface area contributed by atoms with E-state index >= 15 is 0 Å². The van der Waals surface area contributed by atoms with E-state index in [1.54, 1.807) is 26.0 Å². The van der Waals surface area contributed by atoms with Crippen molar-refractivity contribution in [2.75, 3.05) is 0 Å². The Kier molecular flexibility index (Phi) is 3.06. The molecule has 1 aliphatic rings. The first-order chi connectivity index (χ1) is 10.4. The van der Waals surface area contributed by atoms with Crippen LogP contribution in [0.15, 0.2) is 18.2 Å². The summed E-state index contributed by atoms with van der Waals surface area (Å²) in [6.07, 6.45) is 0.555. The first-order valence-electron chi connectivity index (χ1n) is 7.15. The molecule has 0 aliphatic heterocycles. The van der Waals surface area contributed by atoms with Crippen molar-refractivity contribution < 1.29 is 19.8 Å². The molecule has 2 aromatic rings. The quantitative estimate of drug-likeness (QED) is 0.723. The van der Waals surface area contributed by atoms with E-state index in [0.717, 1.165) is 5.56 Å². The third-order valence-corrected chi connectivity index (χ3v) is 4.19. The third kappa shape index (κ3) is 1.77. The van der Waals surface area contributed by atoms with Gasteiger partial charge in [-0.2, -0.15) is 0 Å². The van der Waals surface area contributed by atoms with E-state index in [0.29, 0.717) is 17.5 Å². The molecule has 0 atom stereocenters. The normalized spacial score (nSPS) is 13.0. The van der Waals surface area contributed by atoms with Gasteiger partial charge in [-0.15, -0.1) is 0 Å². The minimum Gasteiger partial charge on any atom is -0.507 e. The van der Waals surface area contributed by atoms with Gasteiger partial charge in [0.1, 0.15) is 11.5 Å². The minimum atomic E-state index is -0.505. The van der Waals surface area contributed by atoms with Crippen LogP contribution in [0.4, 0.5) is 0 Å². The molecule has 1 aliphatic carbocycles. The highest BCUT2D eigenvalue weighted by molar-refractivity contribution is 6.30. The SMILES string of the molecule is CCc1c(C)cc2c(c1O)C(=O)c1c(O)cc(C)cc1C2=O. The second-order valence-corrected chi connectivity index (χ2v) is 5.66. The first kappa shape index (κ1) is 14.3. The van der Waals surface area contributed by atoms with Gasteiger partial charge in [-0.25, -0.2) is 0 Å². The van der Waals surface area contributed by atoms with Crippen LogP contribution in [0, 0.1) is 13.8 Å².